The van der Waals surface area contributed by atoms with E-state index in [1.807, 2.05) is 14.0 Å². The molecular weight excluding hydrogens is 166 g/mol. The van der Waals surface area contributed by atoms with Crippen molar-refractivity contribution in [2.45, 2.75) is 38.3 Å². The Hall–Kier alpha value is -0.570. The van der Waals surface area contributed by atoms with E-state index in [4.69, 9.17) is 4.74 Å². The molecule has 0 aromatic rings. The molecule has 74 valence electrons. The Balaban J connectivity index is 1.94. The van der Waals surface area contributed by atoms with Crippen molar-refractivity contribution >= 4 is 5.97 Å². The normalized spacial score (nSPS) is 38.2. The van der Waals surface area contributed by atoms with Gasteiger partial charge in [-0.1, -0.05) is 0 Å². The zero-order chi connectivity index (χ0) is 9.42. The maximum absolute atomic E-state index is 11.5. The van der Waals surface area contributed by atoms with E-state index in [1.54, 1.807) is 0 Å². The number of piperidine rings is 1. The van der Waals surface area contributed by atoms with Crippen LogP contribution in [0.4, 0.5) is 0 Å². The molecule has 13 heavy (non-hydrogen) atoms. The molecule has 3 heteroatoms. The van der Waals surface area contributed by atoms with Crippen molar-refractivity contribution in [3.8, 4) is 0 Å². The summed E-state index contributed by atoms with van der Waals surface area (Å²) in [5.41, 5.74) is 0. The van der Waals surface area contributed by atoms with Crippen LogP contribution in [0.5, 0.6) is 0 Å². The summed E-state index contributed by atoms with van der Waals surface area (Å²) < 4.78 is 5.04. The van der Waals surface area contributed by atoms with Crippen LogP contribution in [0.1, 0.15) is 26.2 Å². The van der Waals surface area contributed by atoms with Gasteiger partial charge in [0.1, 0.15) is 6.04 Å². The fourth-order valence-corrected chi connectivity index (χ4v) is 2.37. The van der Waals surface area contributed by atoms with Crippen molar-refractivity contribution in [3.05, 3.63) is 0 Å². The van der Waals surface area contributed by atoms with Gasteiger partial charge in [-0.25, -0.2) is 0 Å². The molecule has 1 aliphatic heterocycles. The second kappa shape index (κ2) is 3.29. The van der Waals surface area contributed by atoms with Crippen molar-refractivity contribution in [2.24, 2.45) is 5.92 Å². The molecule has 0 unspecified atom stereocenters. The molecule has 1 saturated carbocycles. The van der Waals surface area contributed by atoms with Crippen molar-refractivity contribution in [1.82, 2.24) is 4.90 Å². The summed E-state index contributed by atoms with van der Waals surface area (Å²) >= 11 is 0. The Morgan fingerprint density at radius 2 is 2.31 bits per heavy atom. The first-order chi connectivity index (χ1) is 6.24. The van der Waals surface area contributed by atoms with Gasteiger partial charge in [0.05, 0.1) is 6.61 Å². The highest BCUT2D eigenvalue weighted by atomic mass is 16.5. The molecule has 2 rings (SSSR count). The van der Waals surface area contributed by atoms with Crippen molar-refractivity contribution in [2.75, 3.05) is 13.7 Å². The second-order valence-corrected chi connectivity index (χ2v) is 4.07. The number of carbonyl (C=O) groups excluding carboxylic acids is 1. The summed E-state index contributed by atoms with van der Waals surface area (Å²) in [6, 6.07) is 0.701. The van der Waals surface area contributed by atoms with Gasteiger partial charge in [0.2, 0.25) is 0 Å². The molecule has 0 bridgehead atoms. The van der Waals surface area contributed by atoms with Gasteiger partial charge in [-0.2, -0.15) is 0 Å². The van der Waals surface area contributed by atoms with Gasteiger partial charge in [-0.15, -0.1) is 0 Å². The fourth-order valence-electron chi connectivity index (χ4n) is 2.37. The lowest BCUT2D eigenvalue weighted by Gasteiger charge is -2.30. The number of carbonyl (C=O) groups is 1. The average molecular weight is 183 g/mol. The van der Waals surface area contributed by atoms with Crippen LogP contribution in [-0.4, -0.2) is 36.6 Å². The van der Waals surface area contributed by atoms with Crippen LogP contribution in [0.3, 0.4) is 0 Å². The van der Waals surface area contributed by atoms with E-state index in [9.17, 15) is 4.79 Å². The minimum Gasteiger partial charge on any atom is -0.465 e. The van der Waals surface area contributed by atoms with Crippen molar-refractivity contribution in [3.63, 3.8) is 0 Å². The molecule has 0 aromatic heterocycles. The molecule has 0 radical (unpaired) electrons. The number of hydrogen-bond acceptors (Lipinski definition) is 3. The van der Waals surface area contributed by atoms with E-state index in [-0.39, 0.29) is 12.0 Å². The number of likely N-dealkylation sites (N-methyl/N-ethyl adjacent to an activating group) is 1. The van der Waals surface area contributed by atoms with Crippen LogP contribution < -0.4 is 0 Å². The maximum atomic E-state index is 11.5. The summed E-state index contributed by atoms with van der Waals surface area (Å²) in [5.74, 6) is 0.839. The van der Waals surface area contributed by atoms with Gasteiger partial charge in [-0.3, -0.25) is 9.69 Å². The Morgan fingerprint density at radius 1 is 1.54 bits per heavy atom. The first-order valence-electron chi connectivity index (χ1n) is 5.12. The molecule has 2 fully saturated rings. The smallest absolute Gasteiger partial charge is 0.323 e. The van der Waals surface area contributed by atoms with Crippen molar-refractivity contribution in [1.29, 1.82) is 0 Å². The molecule has 1 aliphatic carbocycles. The summed E-state index contributed by atoms with van der Waals surface area (Å²) in [6.07, 6.45) is 3.47. The van der Waals surface area contributed by atoms with Crippen LogP contribution in [0, 0.1) is 5.92 Å². The molecule has 0 N–H and O–H groups in total. The van der Waals surface area contributed by atoms with Gasteiger partial charge in [0, 0.05) is 6.04 Å². The molecule has 2 aliphatic rings. The van der Waals surface area contributed by atoms with Crippen molar-refractivity contribution < 1.29 is 9.53 Å². The lowest BCUT2D eigenvalue weighted by molar-refractivity contribution is -0.150. The van der Waals surface area contributed by atoms with Gasteiger partial charge in [-0.05, 0) is 39.2 Å². The van der Waals surface area contributed by atoms with Crippen LogP contribution in [-0.2, 0) is 9.53 Å². The summed E-state index contributed by atoms with van der Waals surface area (Å²) in [4.78, 5) is 13.7. The molecule has 1 heterocycles. The van der Waals surface area contributed by atoms with Crippen LogP contribution >= 0.6 is 0 Å². The number of nitrogens with zero attached hydrogens (tertiary/aromatic N) is 1. The predicted molar refractivity (Wildman–Crippen MR) is 49.3 cm³/mol. The zero-order valence-electron chi connectivity index (χ0n) is 8.32. The highest BCUT2D eigenvalue weighted by molar-refractivity contribution is 5.76. The summed E-state index contributed by atoms with van der Waals surface area (Å²) in [6.45, 7) is 2.36. The lowest BCUT2D eigenvalue weighted by Crippen LogP contribution is -2.44. The van der Waals surface area contributed by atoms with E-state index in [1.165, 1.54) is 12.8 Å². The third-order valence-corrected chi connectivity index (χ3v) is 3.27. The number of esters is 1. The Kier molecular flexibility index (Phi) is 2.28. The highest BCUT2D eigenvalue weighted by Gasteiger charge is 2.48. The van der Waals surface area contributed by atoms with Gasteiger partial charge < -0.3 is 4.74 Å². The molecule has 0 spiro atoms. The van der Waals surface area contributed by atoms with E-state index >= 15 is 0 Å². The molecule has 1 saturated heterocycles. The van der Waals surface area contributed by atoms with E-state index in [0.29, 0.717) is 12.6 Å². The second-order valence-electron chi connectivity index (χ2n) is 4.07. The first-order valence-corrected chi connectivity index (χ1v) is 5.12. The summed E-state index contributed by atoms with van der Waals surface area (Å²) in [5, 5.41) is 0. The van der Waals surface area contributed by atoms with E-state index in [0.717, 1.165) is 12.3 Å². The SMILES string of the molecule is CCOC(=O)[C@@H]1CC[C@@H]2C[C@@H]2N1C. The molecular formula is C10H17NO2. The van der Waals surface area contributed by atoms with Crippen LogP contribution in [0.25, 0.3) is 0 Å². The number of ether oxygens (including phenoxy) is 1. The van der Waals surface area contributed by atoms with Crippen LogP contribution in [0.15, 0.2) is 0 Å². The maximum Gasteiger partial charge on any atom is 0.323 e. The number of hydrogen-bond donors (Lipinski definition) is 0. The monoisotopic (exact) mass is 183 g/mol. The number of likely N-dealkylation sites (tertiary alicyclic amines) is 1. The summed E-state index contributed by atoms with van der Waals surface area (Å²) in [7, 11) is 2.05. The Morgan fingerprint density at radius 3 is 3.00 bits per heavy atom. The fraction of sp³-hybridized carbons (Fsp3) is 0.900. The Labute approximate surface area is 79.0 Å². The molecule has 3 nitrogen and oxygen atoms in total. The number of rotatable bonds is 2. The van der Waals surface area contributed by atoms with Crippen LogP contribution in [0.2, 0.25) is 0 Å². The molecule has 0 aromatic carbocycles. The average Bonchev–Trinajstić information content (AvgIpc) is 2.84. The van der Waals surface area contributed by atoms with Gasteiger partial charge in [0.15, 0.2) is 0 Å². The quantitative estimate of drug-likeness (QED) is 0.599. The standard InChI is InChI=1S/C10H17NO2/c1-3-13-10(12)8-5-4-7-6-9(7)11(8)2/h7-9H,3-6H2,1-2H3/t7-,8+,9+/m1/s1. The minimum atomic E-state index is -0.0321. The zero-order valence-corrected chi connectivity index (χ0v) is 8.32. The van der Waals surface area contributed by atoms with Gasteiger partial charge in [0.25, 0.3) is 0 Å². The highest BCUT2D eigenvalue weighted by Crippen LogP contribution is 2.44. The molecule has 0 amide bonds. The van der Waals surface area contributed by atoms with E-state index < -0.39 is 0 Å². The van der Waals surface area contributed by atoms with E-state index in [2.05, 4.69) is 4.90 Å². The topological polar surface area (TPSA) is 29.5 Å². The lowest BCUT2D eigenvalue weighted by atomic mass is 10.0. The third kappa shape index (κ3) is 1.57. The minimum absolute atomic E-state index is 0.0312. The first kappa shape index (κ1) is 9.00. The number of fused-ring (bicyclic) bond motifs is 1. The third-order valence-electron chi connectivity index (χ3n) is 3.27. The molecule has 3 atom stereocenters. The largest absolute Gasteiger partial charge is 0.465 e. The predicted octanol–water partition coefficient (Wildman–Crippen LogP) is 1.03. The van der Waals surface area contributed by atoms with Gasteiger partial charge >= 0.3 is 5.97 Å². The Bertz CT molecular complexity index is 217.